The Kier molecular flexibility index (Phi) is 4.36. The van der Waals surface area contributed by atoms with Crippen molar-refractivity contribution < 1.29 is 0 Å². The quantitative estimate of drug-likeness (QED) is 0.525. The lowest BCUT2D eigenvalue weighted by atomic mass is 10.3. The average molecular weight is 404 g/mol. The van der Waals surface area contributed by atoms with Gasteiger partial charge >= 0.3 is 0 Å². The van der Waals surface area contributed by atoms with E-state index in [1.807, 2.05) is 24.3 Å². The number of H-pyrrole nitrogens is 1. The number of rotatable bonds is 3. The fourth-order valence-electron chi connectivity index (χ4n) is 2.77. The van der Waals surface area contributed by atoms with Crippen molar-refractivity contribution in [2.24, 2.45) is 0 Å². The normalized spacial score (nSPS) is 11.2. The first kappa shape index (κ1) is 17.0. The van der Waals surface area contributed by atoms with E-state index >= 15 is 0 Å². The lowest BCUT2D eigenvalue weighted by Crippen LogP contribution is -2.22. The summed E-state index contributed by atoms with van der Waals surface area (Å²) in [4.78, 5) is 16.6. The van der Waals surface area contributed by atoms with Crippen LogP contribution in [0.1, 0.15) is 5.82 Å². The number of aromatic nitrogens is 5. The van der Waals surface area contributed by atoms with Gasteiger partial charge in [-0.2, -0.15) is 5.10 Å². The number of halogens is 2. The number of hydrogen-bond donors (Lipinski definition) is 1. The van der Waals surface area contributed by atoms with Gasteiger partial charge in [0.05, 0.1) is 34.5 Å². The Morgan fingerprint density at radius 2 is 1.96 bits per heavy atom. The van der Waals surface area contributed by atoms with Gasteiger partial charge in [-0.3, -0.25) is 19.0 Å². The first-order valence-corrected chi connectivity index (χ1v) is 8.77. The molecule has 0 amide bonds. The number of benzene rings is 2. The van der Waals surface area contributed by atoms with E-state index in [2.05, 4.69) is 15.2 Å². The van der Waals surface area contributed by atoms with Crippen molar-refractivity contribution in [3.8, 4) is 5.69 Å². The fraction of sp³-hybridized carbons (Fsp3) is 0.0588. The van der Waals surface area contributed by atoms with Crippen LogP contribution >= 0.6 is 35.4 Å². The topological polar surface area (TPSA) is 68.5 Å². The SMILES string of the molecule is O=c1cnc2ccccc2n1Cc1n[nH]c(=S)n1-c1ccc(Cl)cc1Cl. The van der Waals surface area contributed by atoms with E-state index in [9.17, 15) is 4.79 Å². The first-order chi connectivity index (χ1) is 12.5. The van der Waals surface area contributed by atoms with E-state index in [0.29, 0.717) is 31.8 Å². The second-order valence-corrected chi connectivity index (χ2v) is 6.78. The summed E-state index contributed by atoms with van der Waals surface area (Å²) < 4.78 is 3.65. The highest BCUT2D eigenvalue weighted by molar-refractivity contribution is 7.71. The summed E-state index contributed by atoms with van der Waals surface area (Å²) in [5.74, 6) is 0.540. The molecule has 2 aromatic heterocycles. The van der Waals surface area contributed by atoms with Crippen molar-refractivity contribution in [3.63, 3.8) is 0 Å². The Morgan fingerprint density at radius 1 is 1.15 bits per heavy atom. The maximum atomic E-state index is 12.4. The minimum atomic E-state index is -0.230. The van der Waals surface area contributed by atoms with E-state index in [4.69, 9.17) is 35.4 Å². The average Bonchev–Trinajstić information content (AvgIpc) is 2.98. The standard InChI is InChI=1S/C17H11Cl2N5OS/c18-10-5-6-13(11(19)7-10)24-15(21-22-17(24)26)9-23-14-4-2-1-3-12(14)20-8-16(23)25/h1-8H,9H2,(H,22,26). The monoisotopic (exact) mass is 403 g/mol. The molecule has 2 aromatic carbocycles. The van der Waals surface area contributed by atoms with E-state index in [1.54, 1.807) is 27.3 Å². The molecular formula is C17H11Cl2N5OS. The van der Waals surface area contributed by atoms with Crippen molar-refractivity contribution in [3.05, 3.63) is 79.7 Å². The Labute approximate surface area is 162 Å². The summed E-state index contributed by atoms with van der Waals surface area (Å²) >= 11 is 17.6. The van der Waals surface area contributed by atoms with Crippen LogP contribution in [0.3, 0.4) is 0 Å². The molecule has 1 N–H and O–H groups in total. The zero-order valence-electron chi connectivity index (χ0n) is 13.2. The number of hydrogen-bond acceptors (Lipinski definition) is 4. The molecular weight excluding hydrogens is 393 g/mol. The largest absolute Gasteiger partial charge is 0.298 e. The highest BCUT2D eigenvalue weighted by Crippen LogP contribution is 2.25. The number of nitrogens with zero attached hydrogens (tertiary/aromatic N) is 4. The van der Waals surface area contributed by atoms with Crippen molar-refractivity contribution in [1.82, 2.24) is 24.3 Å². The molecule has 0 radical (unpaired) electrons. The lowest BCUT2D eigenvalue weighted by molar-refractivity contribution is 0.718. The minimum absolute atomic E-state index is 0.202. The number of fused-ring (bicyclic) bond motifs is 1. The summed E-state index contributed by atoms with van der Waals surface area (Å²) in [6.45, 7) is 0.202. The molecule has 0 spiro atoms. The van der Waals surface area contributed by atoms with E-state index < -0.39 is 0 Å². The predicted molar refractivity (Wildman–Crippen MR) is 104 cm³/mol. The van der Waals surface area contributed by atoms with Crippen LogP contribution in [-0.4, -0.2) is 24.3 Å². The van der Waals surface area contributed by atoms with Crippen molar-refractivity contribution >= 4 is 46.5 Å². The van der Waals surface area contributed by atoms with E-state index in [0.717, 1.165) is 5.52 Å². The molecule has 0 aliphatic carbocycles. The molecule has 0 fully saturated rings. The molecule has 0 saturated carbocycles. The molecule has 9 heteroatoms. The molecule has 0 aliphatic rings. The first-order valence-electron chi connectivity index (χ1n) is 7.61. The zero-order chi connectivity index (χ0) is 18.3. The summed E-state index contributed by atoms with van der Waals surface area (Å²) in [6.07, 6.45) is 1.29. The molecule has 0 atom stereocenters. The van der Waals surface area contributed by atoms with Crippen LogP contribution in [0.25, 0.3) is 16.7 Å². The van der Waals surface area contributed by atoms with Crippen LogP contribution in [0, 0.1) is 4.77 Å². The highest BCUT2D eigenvalue weighted by atomic mass is 35.5. The van der Waals surface area contributed by atoms with Crippen LogP contribution < -0.4 is 5.56 Å². The van der Waals surface area contributed by atoms with E-state index in [-0.39, 0.29) is 12.1 Å². The third-order valence-corrected chi connectivity index (χ3v) is 4.76. The summed E-state index contributed by atoms with van der Waals surface area (Å²) in [5, 5.41) is 7.98. The molecule has 4 aromatic rings. The third kappa shape index (κ3) is 2.94. The van der Waals surface area contributed by atoms with Gasteiger partial charge in [-0.15, -0.1) is 0 Å². The van der Waals surface area contributed by atoms with E-state index in [1.165, 1.54) is 6.20 Å². The van der Waals surface area contributed by atoms with Crippen LogP contribution in [0.5, 0.6) is 0 Å². The Bertz CT molecular complexity index is 1240. The maximum absolute atomic E-state index is 12.4. The second-order valence-electron chi connectivity index (χ2n) is 5.55. The number of nitrogens with one attached hydrogen (secondary N) is 1. The number of aromatic amines is 1. The molecule has 26 heavy (non-hydrogen) atoms. The van der Waals surface area contributed by atoms with Crippen LogP contribution in [0.15, 0.2) is 53.5 Å². The third-order valence-electron chi connectivity index (χ3n) is 3.94. The smallest absolute Gasteiger partial charge is 0.269 e. The van der Waals surface area contributed by atoms with Gasteiger partial charge in [-0.05, 0) is 42.5 Å². The maximum Gasteiger partial charge on any atom is 0.269 e. The van der Waals surface area contributed by atoms with Gasteiger partial charge in [0.25, 0.3) is 5.56 Å². The van der Waals surface area contributed by atoms with Gasteiger partial charge in [-0.25, -0.2) is 4.98 Å². The van der Waals surface area contributed by atoms with Gasteiger partial charge in [0.15, 0.2) is 10.6 Å². The Balaban J connectivity index is 1.89. The summed E-state index contributed by atoms with van der Waals surface area (Å²) in [5.41, 5.74) is 1.84. The Morgan fingerprint density at radius 3 is 2.77 bits per heavy atom. The molecule has 0 bridgehead atoms. The van der Waals surface area contributed by atoms with Crippen molar-refractivity contribution in [2.45, 2.75) is 6.54 Å². The van der Waals surface area contributed by atoms with Gasteiger partial charge in [0.2, 0.25) is 0 Å². The fourth-order valence-corrected chi connectivity index (χ4v) is 3.51. The predicted octanol–water partition coefficient (Wildman–Crippen LogP) is 3.99. The Hall–Kier alpha value is -2.48. The minimum Gasteiger partial charge on any atom is -0.298 e. The molecule has 0 unspecified atom stereocenters. The van der Waals surface area contributed by atoms with Crippen LogP contribution in [0.2, 0.25) is 10.0 Å². The lowest BCUT2D eigenvalue weighted by Gasteiger charge is -2.12. The second kappa shape index (κ2) is 6.68. The van der Waals surface area contributed by atoms with Crippen LogP contribution in [0.4, 0.5) is 0 Å². The van der Waals surface area contributed by atoms with Crippen molar-refractivity contribution in [1.29, 1.82) is 0 Å². The summed E-state index contributed by atoms with van der Waals surface area (Å²) in [7, 11) is 0. The molecule has 2 heterocycles. The van der Waals surface area contributed by atoms with Gasteiger partial charge in [0.1, 0.15) is 0 Å². The van der Waals surface area contributed by atoms with Crippen LogP contribution in [-0.2, 0) is 6.54 Å². The molecule has 0 aliphatic heterocycles. The molecule has 0 saturated heterocycles. The molecule has 4 rings (SSSR count). The summed E-state index contributed by atoms with van der Waals surface area (Å²) in [6, 6.07) is 12.5. The van der Waals surface area contributed by atoms with Crippen molar-refractivity contribution in [2.75, 3.05) is 0 Å². The van der Waals surface area contributed by atoms with Gasteiger partial charge < -0.3 is 0 Å². The molecule has 130 valence electrons. The zero-order valence-corrected chi connectivity index (χ0v) is 15.5. The van der Waals surface area contributed by atoms with Gasteiger partial charge in [0, 0.05) is 5.02 Å². The number of para-hydroxylation sites is 2. The van der Waals surface area contributed by atoms with Gasteiger partial charge in [-0.1, -0.05) is 35.3 Å². The highest BCUT2D eigenvalue weighted by Gasteiger charge is 2.14. The molecule has 6 nitrogen and oxygen atoms in total.